The second kappa shape index (κ2) is 7.44. The van der Waals surface area contributed by atoms with Crippen molar-refractivity contribution in [1.29, 1.82) is 0 Å². The Morgan fingerprint density at radius 2 is 1.97 bits per heavy atom. The van der Waals surface area contributed by atoms with E-state index in [0.717, 1.165) is 5.69 Å². The SMILES string of the molecule is Cc1nnnn1-c1cc(NC(=O)c2cnn(-c3cccc(Cl)c3)c2C)ccc1F. The highest BCUT2D eigenvalue weighted by Crippen LogP contribution is 2.21. The molecule has 4 rings (SSSR count). The zero-order valence-electron chi connectivity index (χ0n) is 15.5. The van der Waals surface area contributed by atoms with Gasteiger partial charge in [-0.05, 0) is 60.7 Å². The van der Waals surface area contributed by atoms with E-state index in [9.17, 15) is 9.18 Å². The molecule has 0 spiro atoms. The molecule has 0 aliphatic heterocycles. The molecule has 146 valence electrons. The number of tetrazole rings is 1. The molecule has 0 atom stereocenters. The summed E-state index contributed by atoms with van der Waals surface area (Å²) in [6, 6.07) is 11.3. The number of carbonyl (C=O) groups is 1. The molecule has 0 radical (unpaired) electrons. The molecule has 2 heterocycles. The van der Waals surface area contributed by atoms with Crippen molar-refractivity contribution in [3.63, 3.8) is 0 Å². The lowest BCUT2D eigenvalue weighted by Gasteiger charge is -2.09. The maximum atomic E-state index is 14.2. The van der Waals surface area contributed by atoms with E-state index >= 15 is 0 Å². The van der Waals surface area contributed by atoms with Gasteiger partial charge in [0.25, 0.3) is 5.91 Å². The first-order valence-electron chi connectivity index (χ1n) is 8.61. The molecule has 29 heavy (non-hydrogen) atoms. The van der Waals surface area contributed by atoms with Crippen molar-refractivity contribution in [2.24, 2.45) is 0 Å². The van der Waals surface area contributed by atoms with Crippen LogP contribution in [0.3, 0.4) is 0 Å². The van der Waals surface area contributed by atoms with Gasteiger partial charge in [0.05, 0.1) is 23.1 Å². The van der Waals surface area contributed by atoms with Gasteiger partial charge in [0.1, 0.15) is 11.5 Å². The molecule has 4 aromatic rings. The number of halogens is 2. The molecule has 10 heteroatoms. The third-order valence-electron chi connectivity index (χ3n) is 4.36. The molecule has 0 unspecified atom stereocenters. The Bertz CT molecular complexity index is 1220. The summed E-state index contributed by atoms with van der Waals surface area (Å²) < 4.78 is 17.1. The van der Waals surface area contributed by atoms with Crippen LogP contribution in [0.2, 0.25) is 5.02 Å². The Labute approximate surface area is 169 Å². The third-order valence-corrected chi connectivity index (χ3v) is 4.60. The largest absolute Gasteiger partial charge is 0.322 e. The maximum Gasteiger partial charge on any atom is 0.259 e. The number of aromatic nitrogens is 6. The summed E-state index contributed by atoms with van der Waals surface area (Å²) in [6.45, 7) is 3.43. The summed E-state index contributed by atoms with van der Waals surface area (Å²) in [5.41, 5.74) is 2.30. The van der Waals surface area contributed by atoms with Crippen LogP contribution >= 0.6 is 11.6 Å². The van der Waals surface area contributed by atoms with Crippen LogP contribution in [-0.2, 0) is 0 Å². The first kappa shape index (κ1) is 18.8. The smallest absolute Gasteiger partial charge is 0.259 e. The van der Waals surface area contributed by atoms with E-state index in [2.05, 4.69) is 25.9 Å². The van der Waals surface area contributed by atoms with Gasteiger partial charge >= 0.3 is 0 Å². The fourth-order valence-corrected chi connectivity index (χ4v) is 3.09. The van der Waals surface area contributed by atoms with E-state index in [0.29, 0.717) is 27.8 Å². The number of hydrogen-bond acceptors (Lipinski definition) is 5. The van der Waals surface area contributed by atoms with Crippen molar-refractivity contribution < 1.29 is 9.18 Å². The number of aryl methyl sites for hydroxylation is 1. The highest BCUT2D eigenvalue weighted by molar-refractivity contribution is 6.30. The van der Waals surface area contributed by atoms with Gasteiger partial charge in [-0.1, -0.05) is 17.7 Å². The number of benzene rings is 2. The quantitative estimate of drug-likeness (QED) is 0.555. The van der Waals surface area contributed by atoms with Gasteiger partial charge < -0.3 is 5.32 Å². The fraction of sp³-hybridized carbons (Fsp3) is 0.105. The third kappa shape index (κ3) is 3.59. The van der Waals surface area contributed by atoms with Gasteiger partial charge in [0, 0.05) is 10.7 Å². The average molecular weight is 412 g/mol. The summed E-state index contributed by atoms with van der Waals surface area (Å²) in [6.07, 6.45) is 1.47. The van der Waals surface area contributed by atoms with Gasteiger partial charge in [0.15, 0.2) is 5.82 Å². The zero-order valence-corrected chi connectivity index (χ0v) is 16.2. The number of hydrogen-bond donors (Lipinski definition) is 1. The summed E-state index contributed by atoms with van der Waals surface area (Å²) in [5, 5.41) is 18.6. The lowest BCUT2D eigenvalue weighted by Crippen LogP contribution is -2.14. The molecule has 0 fully saturated rings. The Balaban J connectivity index is 1.62. The van der Waals surface area contributed by atoms with Crippen LogP contribution in [0.5, 0.6) is 0 Å². The Kier molecular flexibility index (Phi) is 4.81. The Hall–Kier alpha value is -3.59. The lowest BCUT2D eigenvalue weighted by atomic mass is 10.2. The van der Waals surface area contributed by atoms with Gasteiger partial charge in [0.2, 0.25) is 0 Å². The minimum absolute atomic E-state index is 0.136. The molecule has 0 aliphatic carbocycles. The fourth-order valence-electron chi connectivity index (χ4n) is 2.91. The lowest BCUT2D eigenvalue weighted by molar-refractivity contribution is 0.102. The van der Waals surface area contributed by atoms with Crippen LogP contribution in [0.4, 0.5) is 10.1 Å². The van der Waals surface area contributed by atoms with E-state index in [1.165, 1.54) is 29.1 Å². The monoisotopic (exact) mass is 411 g/mol. The number of amides is 1. The highest BCUT2D eigenvalue weighted by Gasteiger charge is 2.17. The first-order chi connectivity index (χ1) is 13.9. The molecule has 1 N–H and O–H groups in total. The maximum absolute atomic E-state index is 14.2. The van der Waals surface area contributed by atoms with E-state index in [1.807, 2.05) is 6.07 Å². The highest BCUT2D eigenvalue weighted by atomic mass is 35.5. The number of carbonyl (C=O) groups excluding carboxylic acids is 1. The van der Waals surface area contributed by atoms with Crippen LogP contribution in [-0.4, -0.2) is 35.9 Å². The number of nitrogens with one attached hydrogen (secondary N) is 1. The van der Waals surface area contributed by atoms with Gasteiger partial charge in [-0.2, -0.15) is 9.78 Å². The van der Waals surface area contributed by atoms with Crippen molar-refractivity contribution in [1.82, 2.24) is 30.0 Å². The average Bonchev–Trinajstić information content (AvgIpc) is 3.29. The molecule has 1 amide bonds. The molecule has 2 aromatic carbocycles. The number of rotatable bonds is 4. The van der Waals surface area contributed by atoms with Crippen molar-refractivity contribution in [2.45, 2.75) is 13.8 Å². The van der Waals surface area contributed by atoms with E-state index < -0.39 is 5.82 Å². The molecule has 8 nitrogen and oxygen atoms in total. The predicted molar refractivity (Wildman–Crippen MR) is 105 cm³/mol. The topological polar surface area (TPSA) is 90.5 Å². The van der Waals surface area contributed by atoms with Crippen molar-refractivity contribution in [2.75, 3.05) is 5.32 Å². The van der Waals surface area contributed by atoms with Crippen LogP contribution in [0.1, 0.15) is 21.9 Å². The Morgan fingerprint density at radius 3 is 2.69 bits per heavy atom. The number of nitrogens with zero attached hydrogens (tertiary/aromatic N) is 6. The van der Waals surface area contributed by atoms with Crippen molar-refractivity contribution in [3.05, 3.63) is 76.6 Å². The molecule has 2 aromatic heterocycles. The van der Waals surface area contributed by atoms with Crippen LogP contribution in [0, 0.1) is 19.7 Å². The van der Waals surface area contributed by atoms with Crippen LogP contribution in [0.25, 0.3) is 11.4 Å². The summed E-state index contributed by atoms with van der Waals surface area (Å²) >= 11 is 6.04. The van der Waals surface area contributed by atoms with Crippen LogP contribution < -0.4 is 5.32 Å². The molecule has 0 saturated heterocycles. The van der Waals surface area contributed by atoms with Gasteiger partial charge in [-0.25, -0.2) is 9.07 Å². The second-order valence-corrected chi connectivity index (χ2v) is 6.73. The Morgan fingerprint density at radius 1 is 1.14 bits per heavy atom. The molecular formula is C19H15ClFN7O. The standard InChI is InChI=1S/C19H15ClFN7O/c1-11-16(10-22-27(11)15-5-3-4-13(20)8-15)19(29)23-14-6-7-17(21)18(9-14)28-12(2)24-25-26-28/h3-10H,1-2H3,(H,23,29). The normalized spacial score (nSPS) is 10.9. The summed E-state index contributed by atoms with van der Waals surface area (Å²) in [4.78, 5) is 12.8. The van der Waals surface area contributed by atoms with E-state index in [-0.39, 0.29) is 11.6 Å². The number of anilines is 1. The van der Waals surface area contributed by atoms with E-state index in [4.69, 9.17) is 11.6 Å². The second-order valence-electron chi connectivity index (χ2n) is 6.29. The molecule has 0 bridgehead atoms. The molecular weight excluding hydrogens is 397 g/mol. The van der Waals surface area contributed by atoms with Crippen molar-refractivity contribution in [3.8, 4) is 11.4 Å². The van der Waals surface area contributed by atoms with Crippen molar-refractivity contribution >= 4 is 23.2 Å². The minimum Gasteiger partial charge on any atom is -0.322 e. The van der Waals surface area contributed by atoms with E-state index in [1.54, 1.807) is 36.7 Å². The predicted octanol–water partition coefficient (Wildman–Crippen LogP) is 3.51. The minimum atomic E-state index is -0.511. The van der Waals surface area contributed by atoms with Gasteiger partial charge in [-0.3, -0.25) is 4.79 Å². The first-order valence-corrected chi connectivity index (χ1v) is 8.98. The molecule has 0 saturated carbocycles. The summed E-state index contributed by atoms with van der Waals surface area (Å²) in [7, 11) is 0. The molecule has 0 aliphatic rings. The van der Waals surface area contributed by atoms with Gasteiger partial charge in [-0.15, -0.1) is 5.10 Å². The van der Waals surface area contributed by atoms with Crippen LogP contribution in [0.15, 0.2) is 48.7 Å². The zero-order chi connectivity index (χ0) is 20.5. The summed E-state index contributed by atoms with van der Waals surface area (Å²) in [5.74, 6) is -0.462.